The number of piperazine rings is 1. The van der Waals surface area contributed by atoms with Crippen molar-refractivity contribution in [1.82, 2.24) is 30.0 Å². The molecule has 1 N–H and O–H groups in total. The van der Waals surface area contributed by atoms with Gasteiger partial charge in [0.1, 0.15) is 35.5 Å². The predicted molar refractivity (Wildman–Crippen MR) is 124 cm³/mol. The van der Waals surface area contributed by atoms with Gasteiger partial charge in [0.05, 0.1) is 16.9 Å². The largest absolute Gasteiger partial charge is 0.488 e. The molecule has 6 rings (SSSR count). The molecule has 1 aliphatic carbocycles. The van der Waals surface area contributed by atoms with E-state index in [2.05, 4.69) is 54.9 Å². The summed E-state index contributed by atoms with van der Waals surface area (Å²) in [5.74, 6) is 1.79. The van der Waals surface area contributed by atoms with E-state index >= 15 is 0 Å². The molecule has 1 saturated carbocycles. The number of benzene rings is 1. The van der Waals surface area contributed by atoms with Crippen LogP contribution in [0.25, 0.3) is 22.3 Å². The van der Waals surface area contributed by atoms with Crippen LogP contribution in [0.4, 0.5) is 5.82 Å². The normalized spacial score (nSPS) is 20.3. The van der Waals surface area contributed by atoms with Crippen LogP contribution < -0.4 is 9.64 Å². The van der Waals surface area contributed by atoms with Gasteiger partial charge in [0.2, 0.25) is 0 Å². The van der Waals surface area contributed by atoms with Crippen LogP contribution in [0, 0.1) is 0 Å². The second-order valence-electron chi connectivity index (χ2n) is 9.34. The standard InChI is InChI=1S/C24H27N7O2/c1-16-11-31(8-7-30(16)12-17-13-32-15-27-17)22-10-21(25-14-26-22)23-19-9-18(33-24(2)5-6-24)3-4-20(19)28-29-23/h3-4,9-10,13-16H,5-8,11-12H2,1-2H3,(H,28,29)/t16-/m0/s1. The predicted octanol–water partition coefficient (Wildman–Crippen LogP) is 3.65. The first-order valence-electron chi connectivity index (χ1n) is 11.4. The third kappa shape index (κ3) is 4.04. The van der Waals surface area contributed by atoms with Gasteiger partial charge in [-0.3, -0.25) is 10.00 Å². The minimum atomic E-state index is -0.0217. The molecule has 170 valence electrons. The molecule has 2 aliphatic rings. The number of hydrogen-bond donors (Lipinski definition) is 1. The van der Waals surface area contributed by atoms with Crippen molar-refractivity contribution in [2.24, 2.45) is 0 Å². The molecule has 3 aromatic heterocycles. The van der Waals surface area contributed by atoms with Crippen molar-refractivity contribution >= 4 is 16.7 Å². The highest BCUT2D eigenvalue weighted by Crippen LogP contribution is 2.40. The van der Waals surface area contributed by atoms with Crippen LogP contribution in [0.15, 0.2) is 47.7 Å². The molecule has 0 unspecified atom stereocenters. The van der Waals surface area contributed by atoms with E-state index in [9.17, 15) is 0 Å². The zero-order valence-electron chi connectivity index (χ0n) is 18.9. The minimum Gasteiger partial charge on any atom is -0.488 e. The highest BCUT2D eigenvalue weighted by molar-refractivity contribution is 5.93. The molecular formula is C24H27N7O2. The molecule has 0 bridgehead atoms. The first-order chi connectivity index (χ1) is 16.1. The van der Waals surface area contributed by atoms with Crippen molar-refractivity contribution in [3.63, 3.8) is 0 Å². The summed E-state index contributed by atoms with van der Waals surface area (Å²) in [6.07, 6.45) is 7.03. The SMILES string of the molecule is C[C@H]1CN(c2cc(-c3n[nH]c4ccc(OC5(C)CC5)cc34)ncn2)CCN1Cc1cocn1. The molecule has 9 nitrogen and oxygen atoms in total. The fourth-order valence-corrected chi connectivity index (χ4v) is 4.43. The maximum atomic E-state index is 6.16. The molecule has 1 aromatic carbocycles. The Hall–Kier alpha value is -3.46. The quantitative estimate of drug-likeness (QED) is 0.480. The number of nitrogens with one attached hydrogen (secondary N) is 1. The molecular weight excluding hydrogens is 418 g/mol. The molecule has 9 heteroatoms. The van der Waals surface area contributed by atoms with Crippen molar-refractivity contribution in [2.75, 3.05) is 24.5 Å². The monoisotopic (exact) mass is 445 g/mol. The van der Waals surface area contributed by atoms with Crippen molar-refractivity contribution in [3.8, 4) is 17.1 Å². The summed E-state index contributed by atoms with van der Waals surface area (Å²) in [5.41, 5.74) is 3.53. The number of ether oxygens (including phenoxy) is 1. The number of rotatable bonds is 6. The highest BCUT2D eigenvalue weighted by Gasteiger charge is 2.40. The third-order valence-electron chi connectivity index (χ3n) is 6.69. The Morgan fingerprint density at radius 1 is 1.18 bits per heavy atom. The van der Waals surface area contributed by atoms with Crippen LogP contribution in [0.3, 0.4) is 0 Å². The first-order valence-corrected chi connectivity index (χ1v) is 11.4. The van der Waals surface area contributed by atoms with Crippen molar-refractivity contribution in [2.45, 2.75) is 44.9 Å². The van der Waals surface area contributed by atoms with Crippen molar-refractivity contribution in [1.29, 1.82) is 0 Å². The Balaban J connectivity index is 1.22. The summed E-state index contributed by atoms with van der Waals surface area (Å²) in [7, 11) is 0. The van der Waals surface area contributed by atoms with E-state index in [1.165, 1.54) is 6.39 Å². The molecule has 1 aliphatic heterocycles. The van der Waals surface area contributed by atoms with Gasteiger partial charge in [0.25, 0.3) is 0 Å². The summed E-state index contributed by atoms with van der Waals surface area (Å²) in [6, 6.07) is 8.48. The lowest BCUT2D eigenvalue weighted by molar-refractivity contribution is 0.178. The molecule has 0 radical (unpaired) electrons. The molecule has 2 fully saturated rings. The zero-order valence-corrected chi connectivity index (χ0v) is 18.9. The minimum absolute atomic E-state index is 0.0217. The number of fused-ring (bicyclic) bond motifs is 1. The Kier molecular flexibility index (Phi) is 4.79. The van der Waals surface area contributed by atoms with Gasteiger partial charge in [0.15, 0.2) is 6.39 Å². The first kappa shape index (κ1) is 20.2. The van der Waals surface area contributed by atoms with Crippen LogP contribution in [-0.4, -0.2) is 61.3 Å². The summed E-state index contributed by atoms with van der Waals surface area (Å²) < 4.78 is 11.3. The van der Waals surface area contributed by atoms with Crippen LogP contribution in [-0.2, 0) is 6.54 Å². The Labute approximate surface area is 191 Å². The molecule has 33 heavy (non-hydrogen) atoms. The topological polar surface area (TPSA) is 96.2 Å². The van der Waals surface area contributed by atoms with Crippen LogP contribution >= 0.6 is 0 Å². The van der Waals surface area contributed by atoms with Crippen LogP contribution in [0.2, 0.25) is 0 Å². The average Bonchev–Trinajstić information content (AvgIpc) is 3.18. The maximum Gasteiger partial charge on any atom is 0.180 e. The fraction of sp³-hybridized carbons (Fsp3) is 0.417. The molecule has 4 aromatic rings. The van der Waals surface area contributed by atoms with E-state index < -0.39 is 0 Å². The lowest BCUT2D eigenvalue weighted by Crippen LogP contribution is -2.51. The van der Waals surface area contributed by atoms with Gasteiger partial charge in [-0.05, 0) is 44.9 Å². The smallest absolute Gasteiger partial charge is 0.180 e. The molecule has 4 heterocycles. The maximum absolute atomic E-state index is 6.16. The molecule has 1 saturated heterocycles. The summed E-state index contributed by atoms with van der Waals surface area (Å²) in [4.78, 5) is 18.1. The van der Waals surface area contributed by atoms with E-state index in [1.54, 1.807) is 12.6 Å². The number of hydrogen-bond acceptors (Lipinski definition) is 8. The fourth-order valence-electron chi connectivity index (χ4n) is 4.43. The van der Waals surface area contributed by atoms with E-state index in [-0.39, 0.29) is 5.60 Å². The van der Waals surface area contributed by atoms with Gasteiger partial charge >= 0.3 is 0 Å². The van der Waals surface area contributed by atoms with E-state index in [1.807, 2.05) is 18.2 Å². The number of aromatic amines is 1. The summed E-state index contributed by atoms with van der Waals surface area (Å²) in [5, 5.41) is 8.69. The third-order valence-corrected chi connectivity index (χ3v) is 6.69. The number of oxazole rings is 1. The molecule has 1 atom stereocenters. The summed E-state index contributed by atoms with van der Waals surface area (Å²) in [6.45, 7) is 7.87. The Bertz CT molecular complexity index is 1270. The van der Waals surface area contributed by atoms with E-state index in [4.69, 9.17) is 9.15 Å². The number of nitrogens with zero attached hydrogens (tertiary/aromatic N) is 6. The average molecular weight is 446 g/mol. The number of aromatic nitrogens is 5. The second-order valence-corrected chi connectivity index (χ2v) is 9.34. The lowest BCUT2D eigenvalue weighted by atomic mass is 10.1. The van der Waals surface area contributed by atoms with Gasteiger partial charge in [-0.1, -0.05) is 0 Å². The number of H-pyrrole nitrogens is 1. The van der Waals surface area contributed by atoms with Crippen molar-refractivity contribution in [3.05, 3.63) is 48.9 Å². The van der Waals surface area contributed by atoms with Gasteiger partial charge in [0, 0.05) is 43.7 Å². The summed E-state index contributed by atoms with van der Waals surface area (Å²) >= 11 is 0. The zero-order chi connectivity index (χ0) is 22.4. The Morgan fingerprint density at radius 2 is 2.09 bits per heavy atom. The highest BCUT2D eigenvalue weighted by atomic mass is 16.5. The Morgan fingerprint density at radius 3 is 2.88 bits per heavy atom. The lowest BCUT2D eigenvalue weighted by Gasteiger charge is -2.40. The van der Waals surface area contributed by atoms with Crippen LogP contribution in [0.5, 0.6) is 5.75 Å². The van der Waals surface area contributed by atoms with Gasteiger partial charge in [-0.25, -0.2) is 15.0 Å². The van der Waals surface area contributed by atoms with Crippen molar-refractivity contribution < 1.29 is 9.15 Å². The van der Waals surface area contributed by atoms with E-state index in [0.717, 1.165) is 78.6 Å². The van der Waals surface area contributed by atoms with Gasteiger partial charge in [-0.15, -0.1) is 0 Å². The van der Waals surface area contributed by atoms with E-state index in [0.29, 0.717) is 6.04 Å². The van der Waals surface area contributed by atoms with Gasteiger partial charge in [-0.2, -0.15) is 5.10 Å². The second kappa shape index (κ2) is 7.84. The molecule has 0 amide bonds. The number of anilines is 1. The molecule has 0 spiro atoms. The van der Waals surface area contributed by atoms with Crippen LogP contribution in [0.1, 0.15) is 32.4 Å². The van der Waals surface area contributed by atoms with Gasteiger partial charge < -0.3 is 14.1 Å².